The Labute approximate surface area is 148 Å². The van der Waals surface area contributed by atoms with Crippen molar-refractivity contribution in [1.82, 2.24) is 0 Å². The zero-order valence-corrected chi connectivity index (χ0v) is 14.0. The second kappa shape index (κ2) is 7.99. The zero-order valence-electron chi connectivity index (χ0n) is 14.0. The maximum absolute atomic E-state index is 11.2. The monoisotopic (exact) mass is 326 g/mol. The third kappa shape index (κ3) is 4.59. The molecule has 0 N–H and O–H groups in total. The summed E-state index contributed by atoms with van der Waals surface area (Å²) in [4.78, 5) is 11.2. The topological polar surface area (TPSA) is 26.3 Å². The number of ether oxygens (including phenoxy) is 1. The standard InChI is InChI=1S/C23H18O2/c1-18(24)20-11-9-19(10-12-20)6-5-17-25-23-15-13-22(14-16-23)21-7-3-2-4-8-21/h2-4,7-16H,17H2,1H3. The number of carbonyl (C=O) groups excluding carboxylic acids is 1. The van der Waals surface area contributed by atoms with Gasteiger partial charge in [-0.05, 0) is 42.3 Å². The Morgan fingerprint density at radius 2 is 1.48 bits per heavy atom. The molecule has 0 unspecified atom stereocenters. The number of rotatable bonds is 4. The molecule has 3 aromatic carbocycles. The fourth-order valence-corrected chi connectivity index (χ4v) is 2.42. The highest BCUT2D eigenvalue weighted by molar-refractivity contribution is 5.94. The van der Waals surface area contributed by atoms with Crippen LogP contribution < -0.4 is 4.74 Å². The summed E-state index contributed by atoms with van der Waals surface area (Å²) in [6, 6.07) is 25.5. The van der Waals surface area contributed by atoms with Crippen molar-refractivity contribution in [3.05, 3.63) is 90.0 Å². The average Bonchev–Trinajstić information content (AvgIpc) is 2.67. The van der Waals surface area contributed by atoms with Crippen LogP contribution in [0.15, 0.2) is 78.9 Å². The molecule has 0 saturated heterocycles. The van der Waals surface area contributed by atoms with E-state index in [-0.39, 0.29) is 5.78 Å². The van der Waals surface area contributed by atoms with Gasteiger partial charge < -0.3 is 4.74 Å². The molecule has 0 saturated carbocycles. The highest BCUT2D eigenvalue weighted by atomic mass is 16.5. The Morgan fingerprint density at radius 1 is 0.840 bits per heavy atom. The molecule has 0 atom stereocenters. The van der Waals surface area contributed by atoms with Crippen LogP contribution in [-0.4, -0.2) is 12.4 Å². The summed E-state index contributed by atoms with van der Waals surface area (Å²) in [5, 5.41) is 0. The molecule has 0 aliphatic heterocycles. The summed E-state index contributed by atoms with van der Waals surface area (Å²) >= 11 is 0. The number of hydrogen-bond donors (Lipinski definition) is 0. The molecular weight excluding hydrogens is 308 g/mol. The van der Waals surface area contributed by atoms with E-state index >= 15 is 0 Å². The number of benzene rings is 3. The van der Waals surface area contributed by atoms with E-state index in [1.807, 2.05) is 54.6 Å². The molecule has 122 valence electrons. The van der Waals surface area contributed by atoms with Gasteiger partial charge in [-0.1, -0.05) is 66.4 Å². The van der Waals surface area contributed by atoms with Crippen molar-refractivity contribution in [1.29, 1.82) is 0 Å². The number of ketones is 1. The maximum Gasteiger partial charge on any atom is 0.159 e. The lowest BCUT2D eigenvalue weighted by atomic mass is 10.1. The average molecular weight is 326 g/mol. The van der Waals surface area contributed by atoms with Gasteiger partial charge in [0, 0.05) is 11.1 Å². The van der Waals surface area contributed by atoms with Gasteiger partial charge in [0.15, 0.2) is 5.78 Å². The van der Waals surface area contributed by atoms with Gasteiger partial charge in [-0.2, -0.15) is 0 Å². The Hall–Kier alpha value is -3.31. The van der Waals surface area contributed by atoms with Crippen molar-refractivity contribution >= 4 is 5.78 Å². The van der Waals surface area contributed by atoms with Crippen LogP contribution in [0.25, 0.3) is 11.1 Å². The smallest absolute Gasteiger partial charge is 0.159 e. The van der Waals surface area contributed by atoms with Gasteiger partial charge >= 0.3 is 0 Å². The molecule has 3 rings (SSSR count). The van der Waals surface area contributed by atoms with Gasteiger partial charge in [0.1, 0.15) is 12.4 Å². The Morgan fingerprint density at radius 3 is 2.12 bits per heavy atom. The van der Waals surface area contributed by atoms with Crippen molar-refractivity contribution in [2.75, 3.05) is 6.61 Å². The fraction of sp³-hybridized carbons (Fsp3) is 0.0870. The predicted octanol–water partition coefficient (Wildman–Crippen LogP) is 4.99. The van der Waals surface area contributed by atoms with E-state index in [0.29, 0.717) is 12.2 Å². The molecule has 0 aliphatic rings. The van der Waals surface area contributed by atoms with Crippen LogP contribution in [-0.2, 0) is 0 Å². The molecule has 0 heterocycles. The lowest BCUT2D eigenvalue weighted by Gasteiger charge is -2.04. The van der Waals surface area contributed by atoms with E-state index in [1.165, 1.54) is 5.56 Å². The first-order chi connectivity index (χ1) is 12.2. The van der Waals surface area contributed by atoms with Crippen LogP contribution in [0.3, 0.4) is 0 Å². The minimum absolute atomic E-state index is 0.0572. The first kappa shape index (κ1) is 16.5. The Balaban J connectivity index is 1.57. The van der Waals surface area contributed by atoms with Gasteiger partial charge in [-0.15, -0.1) is 0 Å². The SMILES string of the molecule is CC(=O)c1ccc(C#CCOc2ccc(-c3ccccc3)cc2)cc1. The largest absolute Gasteiger partial charge is 0.481 e. The second-order valence-corrected chi connectivity index (χ2v) is 5.61. The Bertz CT molecular complexity index is 896. The molecule has 3 aromatic rings. The molecule has 0 radical (unpaired) electrons. The lowest BCUT2D eigenvalue weighted by molar-refractivity contribution is 0.101. The molecule has 0 aliphatic carbocycles. The van der Waals surface area contributed by atoms with Gasteiger partial charge in [0.2, 0.25) is 0 Å². The molecule has 0 aromatic heterocycles. The van der Waals surface area contributed by atoms with E-state index in [0.717, 1.165) is 16.9 Å². The number of Topliss-reactive ketones (excluding diaryl/α,β-unsaturated/α-hetero) is 1. The number of hydrogen-bond acceptors (Lipinski definition) is 2. The summed E-state index contributed by atoms with van der Waals surface area (Å²) in [6.45, 7) is 1.87. The van der Waals surface area contributed by atoms with Crippen molar-refractivity contribution in [2.45, 2.75) is 6.92 Å². The Kier molecular flexibility index (Phi) is 5.29. The van der Waals surface area contributed by atoms with Gasteiger partial charge in [-0.3, -0.25) is 4.79 Å². The summed E-state index contributed by atoms with van der Waals surface area (Å²) in [5.74, 6) is 6.87. The van der Waals surface area contributed by atoms with Gasteiger partial charge in [0.25, 0.3) is 0 Å². The van der Waals surface area contributed by atoms with Crippen molar-refractivity contribution in [3.8, 4) is 28.7 Å². The van der Waals surface area contributed by atoms with Gasteiger partial charge in [-0.25, -0.2) is 0 Å². The number of carbonyl (C=O) groups is 1. The van der Waals surface area contributed by atoms with E-state index in [9.17, 15) is 4.79 Å². The first-order valence-electron chi connectivity index (χ1n) is 8.10. The molecule has 2 heteroatoms. The molecule has 2 nitrogen and oxygen atoms in total. The van der Waals surface area contributed by atoms with Crippen LogP contribution in [0.4, 0.5) is 0 Å². The predicted molar refractivity (Wildman–Crippen MR) is 101 cm³/mol. The minimum atomic E-state index is 0.0572. The highest BCUT2D eigenvalue weighted by Crippen LogP contribution is 2.21. The molecule has 25 heavy (non-hydrogen) atoms. The zero-order chi connectivity index (χ0) is 17.5. The van der Waals surface area contributed by atoms with E-state index in [2.05, 4.69) is 24.0 Å². The third-order valence-electron chi connectivity index (χ3n) is 3.80. The molecule has 0 fully saturated rings. The van der Waals surface area contributed by atoms with Crippen LogP contribution in [0.2, 0.25) is 0 Å². The van der Waals surface area contributed by atoms with Crippen molar-refractivity contribution < 1.29 is 9.53 Å². The maximum atomic E-state index is 11.2. The van der Waals surface area contributed by atoms with Crippen LogP contribution in [0.1, 0.15) is 22.8 Å². The molecule has 0 bridgehead atoms. The third-order valence-corrected chi connectivity index (χ3v) is 3.80. The van der Waals surface area contributed by atoms with Crippen LogP contribution in [0.5, 0.6) is 5.75 Å². The summed E-state index contributed by atoms with van der Waals surface area (Å²) in [6.07, 6.45) is 0. The second-order valence-electron chi connectivity index (χ2n) is 5.61. The van der Waals surface area contributed by atoms with Crippen molar-refractivity contribution in [3.63, 3.8) is 0 Å². The molecule has 0 spiro atoms. The van der Waals surface area contributed by atoms with Gasteiger partial charge in [0.05, 0.1) is 0 Å². The van der Waals surface area contributed by atoms with Crippen LogP contribution >= 0.6 is 0 Å². The quantitative estimate of drug-likeness (QED) is 0.499. The molecule has 0 amide bonds. The van der Waals surface area contributed by atoms with Crippen molar-refractivity contribution in [2.24, 2.45) is 0 Å². The minimum Gasteiger partial charge on any atom is -0.481 e. The summed E-state index contributed by atoms with van der Waals surface area (Å²) in [5.41, 5.74) is 3.90. The molecular formula is C23H18O2. The lowest BCUT2D eigenvalue weighted by Crippen LogP contribution is -1.94. The first-order valence-corrected chi connectivity index (χ1v) is 8.10. The van der Waals surface area contributed by atoms with E-state index in [4.69, 9.17) is 4.74 Å². The summed E-state index contributed by atoms with van der Waals surface area (Å²) < 4.78 is 5.65. The highest BCUT2D eigenvalue weighted by Gasteiger charge is 1.98. The van der Waals surface area contributed by atoms with Crippen LogP contribution in [0, 0.1) is 11.8 Å². The normalized spacial score (nSPS) is 9.80. The summed E-state index contributed by atoms with van der Waals surface area (Å²) in [7, 11) is 0. The fourth-order valence-electron chi connectivity index (χ4n) is 2.42. The van der Waals surface area contributed by atoms with E-state index in [1.54, 1.807) is 19.1 Å². The van der Waals surface area contributed by atoms with E-state index < -0.39 is 0 Å².